The number of carbonyl (C=O) groups excluding carboxylic acids is 1. The van der Waals surface area contributed by atoms with E-state index >= 15 is 0 Å². The Hall–Kier alpha value is -1.30. The van der Waals surface area contributed by atoms with Gasteiger partial charge in [0.15, 0.2) is 0 Å². The summed E-state index contributed by atoms with van der Waals surface area (Å²) in [4.78, 5) is 26.9. The van der Waals surface area contributed by atoms with Crippen LogP contribution in [0.15, 0.2) is 0 Å². The van der Waals surface area contributed by atoms with E-state index in [0.29, 0.717) is 25.6 Å². The van der Waals surface area contributed by atoms with Crippen molar-refractivity contribution in [2.75, 3.05) is 33.4 Å². The average Bonchev–Trinajstić information content (AvgIpc) is 2.85. The highest BCUT2D eigenvalue weighted by Gasteiger charge is 2.40. The Morgan fingerprint density at radius 2 is 2.00 bits per heavy atom. The lowest BCUT2D eigenvalue weighted by Crippen LogP contribution is -2.51. The molecule has 0 aromatic carbocycles. The van der Waals surface area contributed by atoms with E-state index in [1.807, 2.05) is 6.92 Å². The minimum atomic E-state index is -0.899. The van der Waals surface area contributed by atoms with Gasteiger partial charge in [-0.05, 0) is 19.3 Å². The maximum atomic E-state index is 12.4. The molecule has 2 amide bonds. The second-order valence-corrected chi connectivity index (χ2v) is 5.72. The number of ether oxygens (including phenoxy) is 1. The molecule has 116 valence electrons. The summed E-state index contributed by atoms with van der Waals surface area (Å²) >= 11 is 0. The van der Waals surface area contributed by atoms with Crippen molar-refractivity contribution < 1.29 is 19.4 Å². The van der Waals surface area contributed by atoms with Crippen molar-refractivity contribution in [3.05, 3.63) is 0 Å². The van der Waals surface area contributed by atoms with Gasteiger partial charge in [-0.15, -0.1) is 0 Å². The van der Waals surface area contributed by atoms with Gasteiger partial charge in [-0.25, -0.2) is 4.79 Å². The first-order valence-electron chi connectivity index (χ1n) is 7.20. The molecule has 1 saturated heterocycles. The zero-order valence-electron chi connectivity index (χ0n) is 12.8. The zero-order valence-corrected chi connectivity index (χ0v) is 12.8. The molecule has 1 aliphatic rings. The van der Waals surface area contributed by atoms with Gasteiger partial charge in [0.1, 0.15) is 5.92 Å². The van der Waals surface area contributed by atoms with Gasteiger partial charge in [0.2, 0.25) is 0 Å². The number of likely N-dealkylation sites (N-methyl/N-ethyl adjacent to an activating group) is 1. The van der Waals surface area contributed by atoms with E-state index in [2.05, 4.69) is 13.8 Å². The summed E-state index contributed by atoms with van der Waals surface area (Å²) < 4.78 is 5.25. The van der Waals surface area contributed by atoms with Crippen molar-refractivity contribution in [2.24, 2.45) is 11.8 Å². The summed E-state index contributed by atoms with van der Waals surface area (Å²) in [7, 11) is 1.76. The van der Waals surface area contributed by atoms with E-state index in [1.165, 1.54) is 0 Å². The molecule has 1 N–H and O–H groups in total. The van der Waals surface area contributed by atoms with E-state index in [-0.39, 0.29) is 18.7 Å². The predicted octanol–water partition coefficient (Wildman–Crippen LogP) is 1.51. The number of carbonyl (C=O) groups is 2. The fraction of sp³-hybridized carbons (Fsp3) is 0.857. The third-order valence-corrected chi connectivity index (χ3v) is 3.72. The number of carboxylic acid groups (broad SMARTS) is 1. The third kappa shape index (κ3) is 4.10. The number of hydrogen-bond acceptors (Lipinski definition) is 3. The Bertz CT molecular complexity index is 346. The summed E-state index contributed by atoms with van der Waals surface area (Å²) in [6.07, 6.45) is 0.934. The van der Waals surface area contributed by atoms with E-state index in [0.717, 1.165) is 6.42 Å². The molecule has 0 aliphatic carbocycles. The predicted molar refractivity (Wildman–Crippen MR) is 75.6 cm³/mol. The molecular weight excluding hydrogens is 260 g/mol. The summed E-state index contributed by atoms with van der Waals surface area (Å²) in [5.41, 5.74) is 0. The second kappa shape index (κ2) is 7.47. The minimum absolute atomic E-state index is 0.116. The Balaban J connectivity index is 2.69. The Labute approximate surface area is 120 Å². The molecular formula is C14H26N2O4. The maximum Gasteiger partial charge on any atom is 0.320 e. The maximum absolute atomic E-state index is 12.4. The molecule has 0 aromatic heterocycles. The van der Waals surface area contributed by atoms with Gasteiger partial charge in [-0.2, -0.15) is 0 Å². The van der Waals surface area contributed by atoms with Crippen molar-refractivity contribution in [1.29, 1.82) is 0 Å². The van der Waals surface area contributed by atoms with Gasteiger partial charge >= 0.3 is 12.0 Å². The first kappa shape index (κ1) is 16.8. The Kier molecular flexibility index (Phi) is 6.26. The molecule has 0 aromatic rings. The van der Waals surface area contributed by atoms with E-state index < -0.39 is 11.9 Å². The van der Waals surface area contributed by atoms with Gasteiger partial charge in [0, 0.05) is 20.1 Å². The van der Waals surface area contributed by atoms with Crippen LogP contribution >= 0.6 is 0 Å². The number of rotatable bonds is 6. The number of hydrogen-bond donors (Lipinski definition) is 1. The first-order valence-corrected chi connectivity index (χ1v) is 7.20. The summed E-state index contributed by atoms with van der Waals surface area (Å²) in [6, 6.07) is -0.485. The number of urea groups is 1. The van der Waals surface area contributed by atoms with Crippen molar-refractivity contribution in [1.82, 2.24) is 9.80 Å². The number of amides is 2. The van der Waals surface area contributed by atoms with Crippen molar-refractivity contribution in [3.8, 4) is 0 Å². The molecule has 0 radical (unpaired) electrons. The van der Waals surface area contributed by atoms with Gasteiger partial charge in [0.25, 0.3) is 0 Å². The SMILES string of the molecule is CCN(C(=O)N(C)CCC(C)C)C1COCC1C(=O)O. The van der Waals surface area contributed by atoms with E-state index in [9.17, 15) is 14.7 Å². The third-order valence-electron chi connectivity index (χ3n) is 3.72. The molecule has 2 unspecified atom stereocenters. The Morgan fingerprint density at radius 1 is 1.35 bits per heavy atom. The minimum Gasteiger partial charge on any atom is -0.481 e. The van der Waals surface area contributed by atoms with Crippen LogP contribution in [0.1, 0.15) is 27.2 Å². The average molecular weight is 286 g/mol. The largest absolute Gasteiger partial charge is 0.481 e. The molecule has 1 aliphatic heterocycles. The van der Waals surface area contributed by atoms with Crippen molar-refractivity contribution in [3.63, 3.8) is 0 Å². The smallest absolute Gasteiger partial charge is 0.320 e. The van der Waals surface area contributed by atoms with E-state index in [4.69, 9.17) is 4.74 Å². The van der Waals surface area contributed by atoms with Crippen LogP contribution in [-0.4, -0.2) is 66.3 Å². The summed E-state index contributed by atoms with van der Waals surface area (Å²) in [5.74, 6) is -0.997. The molecule has 6 heteroatoms. The number of carboxylic acids is 1. The van der Waals surface area contributed by atoms with Crippen molar-refractivity contribution >= 4 is 12.0 Å². The van der Waals surface area contributed by atoms with Gasteiger partial charge in [-0.3, -0.25) is 4.79 Å². The number of aliphatic carboxylic acids is 1. The molecule has 1 fully saturated rings. The summed E-state index contributed by atoms with van der Waals surface area (Å²) in [6.45, 7) is 7.74. The highest BCUT2D eigenvalue weighted by atomic mass is 16.5. The molecule has 2 atom stereocenters. The van der Waals surface area contributed by atoms with Crippen LogP contribution in [0.3, 0.4) is 0 Å². The van der Waals surface area contributed by atoms with Gasteiger partial charge < -0.3 is 19.6 Å². The highest BCUT2D eigenvalue weighted by molar-refractivity contribution is 5.77. The number of nitrogens with zero attached hydrogens (tertiary/aromatic N) is 2. The Morgan fingerprint density at radius 3 is 2.50 bits per heavy atom. The first-order chi connectivity index (χ1) is 9.38. The van der Waals surface area contributed by atoms with Crippen molar-refractivity contribution in [2.45, 2.75) is 33.2 Å². The molecule has 1 heterocycles. The molecule has 0 bridgehead atoms. The fourth-order valence-corrected chi connectivity index (χ4v) is 2.36. The quantitative estimate of drug-likeness (QED) is 0.803. The topological polar surface area (TPSA) is 70.1 Å². The monoisotopic (exact) mass is 286 g/mol. The van der Waals surface area contributed by atoms with Crippen LogP contribution in [0.25, 0.3) is 0 Å². The van der Waals surface area contributed by atoms with Crippen LogP contribution in [0.4, 0.5) is 4.79 Å². The van der Waals surface area contributed by atoms with Gasteiger partial charge in [-0.1, -0.05) is 13.8 Å². The molecule has 6 nitrogen and oxygen atoms in total. The van der Waals surface area contributed by atoms with Crippen LogP contribution < -0.4 is 0 Å². The normalized spacial score (nSPS) is 22.1. The highest BCUT2D eigenvalue weighted by Crippen LogP contribution is 2.21. The van der Waals surface area contributed by atoms with Crippen LogP contribution in [-0.2, 0) is 9.53 Å². The molecule has 20 heavy (non-hydrogen) atoms. The lowest BCUT2D eigenvalue weighted by molar-refractivity contribution is -0.142. The van der Waals surface area contributed by atoms with E-state index in [1.54, 1.807) is 16.8 Å². The fourth-order valence-electron chi connectivity index (χ4n) is 2.36. The second-order valence-electron chi connectivity index (χ2n) is 5.72. The molecule has 1 rings (SSSR count). The standard InChI is InChI=1S/C14H26N2O4/c1-5-16(12-9-20-8-11(12)13(17)18)14(19)15(4)7-6-10(2)3/h10-12H,5-9H2,1-4H3,(H,17,18). The van der Waals surface area contributed by atoms with Gasteiger partial charge in [0.05, 0.1) is 19.3 Å². The lowest BCUT2D eigenvalue weighted by atomic mass is 10.0. The molecule has 0 spiro atoms. The zero-order chi connectivity index (χ0) is 15.3. The van der Waals surface area contributed by atoms with Crippen LogP contribution in [0.5, 0.6) is 0 Å². The summed E-state index contributed by atoms with van der Waals surface area (Å²) in [5, 5.41) is 9.19. The van der Waals surface area contributed by atoms with Crippen LogP contribution in [0, 0.1) is 11.8 Å². The van der Waals surface area contributed by atoms with Crippen LogP contribution in [0.2, 0.25) is 0 Å². The molecule has 0 saturated carbocycles. The lowest BCUT2D eigenvalue weighted by Gasteiger charge is -2.33.